The highest BCUT2D eigenvalue weighted by Gasteiger charge is 2.39. The van der Waals surface area contributed by atoms with Gasteiger partial charge in [0, 0.05) is 18.8 Å². The summed E-state index contributed by atoms with van der Waals surface area (Å²) < 4.78 is 110. The van der Waals surface area contributed by atoms with Crippen LogP contribution in [0, 0.1) is 0 Å². The number of unbranched alkanes of at least 4 members (excludes halogenated alkanes) is 3. The second kappa shape index (κ2) is 11.4. The van der Waals surface area contributed by atoms with Crippen molar-refractivity contribution in [2.24, 2.45) is 0 Å². The summed E-state index contributed by atoms with van der Waals surface area (Å²) in [5, 5.41) is 2.22. The third kappa shape index (κ3) is 7.77. The SMILES string of the molecule is CCCCCCOc1cc(NC(=O)c2ccc(C(F)(F)F)cc2C(F)(F)F)ccc1N(C)S(C)(=O)=O. The summed E-state index contributed by atoms with van der Waals surface area (Å²) in [6.07, 6.45) is -5.82. The normalized spacial score (nSPS) is 12.4. The van der Waals surface area contributed by atoms with Gasteiger partial charge in [0.05, 0.1) is 35.2 Å². The number of hydrogen-bond donors (Lipinski definition) is 1. The monoisotopic (exact) mass is 540 g/mol. The summed E-state index contributed by atoms with van der Waals surface area (Å²) in [6, 6.07) is 4.51. The lowest BCUT2D eigenvalue weighted by molar-refractivity contribution is -0.143. The van der Waals surface area contributed by atoms with Crippen molar-refractivity contribution in [2.75, 3.05) is 29.5 Å². The number of ether oxygens (including phenoxy) is 1. The van der Waals surface area contributed by atoms with E-state index in [2.05, 4.69) is 5.32 Å². The molecule has 0 radical (unpaired) electrons. The van der Waals surface area contributed by atoms with Crippen LogP contribution in [0.4, 0.5) is 37.7 Å². The highest BCUT2D eigenvalue weighted by molar-refractivity contribution is 7.92. The molecule has 0 heterocycles. The topological polar surface area (TPSA) is 75.7 Å². The Kier molecular flexibility index (Phi) is 9.27. The van der Waals surface area contributed by atoms with Crippen molar-refractivity contribution >= 4 is 27.3 Å². The van der Waals surface area contributed by atoms with Crippen LogP contribution in [-0.2, 0) is 22.4 Å². The molecule has 0 atom stereocenters. The Balaban J connectivity index is 2.40. The molecule has 0 aliphatic rings. The van der Waals surface area contributed by atoms with Crippen LogP contribution in [0.25, 0.3) is 0 Å². The number of sulfonamides is 1. The predicted molar refractivity (Wildman–Crippen MR) is 124 cm³/mol. The Bertz CT molecular complexity index is 1180. The van der Waals surface area contributed by atoms with Gasteiger partial charge in [0.15, 0.2) is 0 Å². The summed E-state index contributed by atoms with van der Waals surface area (Å²) in [5.41, 5.74) is -4.19. The molecule has 0 unspecified atom stereocenters. The van der Waals surface area contributed by atoms with E-state index in [0.717, 1.165) is 29.8 Å². The molecule has 13 heteroatoms. The van der Waals surface area contributed by atoms with Crippen molar-refractivity contribution in [1.29, 1.82) is 0 Å². The maximum absolute atomic E-state index is 13.4. The molecule has 0 aromatic heterocycles. The molecule has 6 nitrogen and oxygen atoms in total. The predicted octanol–water partition coefficient (Wildman–Crippen LogP) is 6.33. The Morgan fingerprint density at radius 2 is 1.64 bits per heavy atom. The fourth-order valence-corrected chi connectivity index (χ4v) is 3.72. The first-order chi connectivity index (χ1) is 16.6. The third-order valence-corrected chi connectivity index (χ3v) is 6.40. The van der Waals surface area contributed by atoms with Gasteiger partial charge in [-0.15, -0.1) is 0 Å². The zero-order chi connectivity index (χ0) is 27.3. The van der Waals surface area contributed by atoms with Crippen LogP contribution in [0.1, 0.15) is 54.1 Å². The van der Waals surface area contributed by atoms with Crippen LogP contribution in [0.15, 0.2) is 36.4 Å². The number of nitrogens with one attached hydrogen (secondary N) is 1. The zero-order valence-electron chi connectivity index (χ0n) is 19.8. The van der Waals surface area contributed by atoms with E-state index in [4.69, 9.17) is 4.74 Å². The maximum Gasteiger partial charge on any atom is 0.417 e. The molecule has 36 heavy (non-hydrogen) atoms. The van der Waals surface area contributed by atoms with Crippen molar-refractivity contribution in [3.05, 3.63) is 53.1 Å². The van der Waals surface area contributed by atoms with Crippen LogP contribution in [0.3, 0.4) is 0 Å². The first-order valence-corrected chi connectivity index (χ1v) is 12.7. The van der Waals surface area contributed by atoms with Gasteiger partial charge in [0.1, 0.15) is 5.75 Å². The minimum atomic E-state index is -5.22. The van der Waals surface area contributed by atoms with Gasteiger partial charge >= 0.3 is 12.4 Å². The van der Waals surface area contributed by atoms with Gasteiger partial charge in [0.25, 0.3) is 5.91 Å². The number of alkyl halides is 6. The molecule has 200 valence electrons. The Morgan fingerprint density at radius 3 is 2.19 bits per heavy atom. The van der Waals surface area contributed by atoms with Crippen molar-refractivity contribution < 1.29 is 44.3 Å². The zero-order valence-corrected chi connectivity index (χ0v) is 20.6. The van der Waals surface area contributed by atoms with Crippen molar-refractivity contribution in [2.45, 2.75) is 45.0 Å². The van der Waals surface area contributed by atoms with Gasteiger partial charge in [0.2, 0.25) is 10.0 Å². The number of amides is 1. The standard InChI is InChI=1S/C23H26F6N2O4S/c1-4-5-6-7-12-35-20-14-16(9-11-19(20)31(2)36(3,33)34)30-21(32)17-10-8-15(22(24,25)26)13-18(17)23(27,28)29/h8-11,13-14H,4-7,12H2,1-3H3,(H,30,32). The van der Waals surface area contributed by atoms with Crippen LogP contribution in [-0.4, -0.2) is 34.2 Å². The largest absolute Gasteiger partial charge is 0.491 e. The van der Waals surface area contributed by atoms with E-state index in [-0.39, 0.29) is 29.8 Å². The Labute approximate surface area is 205 Å². The summed E-state index contributed by atoms with van der Waals surface area (Å²) >= 11 is 0. The number of nitrogens with zero attached hydrogens (tertiary/aromatic N) is 1. The molecule has 0 aliphatic carbocycles. The molecule has 1 amide bonds. The molecule has 2 aromatic carbocycles. The maximum atomic E-state index is 13.4. The minimum Gasteiger partial charge on any atom is -0.491 e. The summed E-state index contributed by atoms with van der Waals surface area (Å²) in [4.78, 5) is 12.6. The average Bonchev–Trinajstić information content (AvgIpc) is 2.76. The smallest absolute Gasteiger partial charge is 0.417 e. The molecule has 0 bridgehead atoms. The van der Waals surface area contributed by atoms with Crippen molar-refractivity contribution in [3.8, 4) is 5.75 Å². The van der Waals surface area contributed by atoms with Gasteiger partial charge in [-0.1, -0.05) is 26.2 Å². The minimum absolute atomic E-state index is 0.0396. The van der Waals surface area contributed by atoms with E-state index >= 15 is 0 Å². The fraction of sp³-hybridized carbons (Fsp3) is 0.435. The molecule has 0 spiro atoms. The van der Waals surface area contributed by atoms with E-state index in [9.17, 15) is 39.6 Å². The number of carbonyl (C=O) groups is 1. The van der Waals surface area contributed by atoms with Gasteiger partial charge in [-0.25, -0.2) is 8.42 Å². The van der Waals surface area contributed by atoms with E-state index in [1.165, 1.54) is 25.2 Å². The second-order valence-corrected chi connectivity index (χ2v) is 10.0. The Morgan fingerprint density at radius 1 is 0.972 bits per heavy atom. The van der Waals surface area contributed by atoms with Gasteiger partial charge in [-0.2, -0.15) is 26.3 Å². The second-order valence-electron chi connectivity index (χ2n) is 8.03. The van der Waals surface area contributed by atoms with Crippen LogP contribution in [0.2, 0.25) is 0 Å². The summed E-state index contributed by atoms with van der Waals surface area (Å²) in [6.45, 7) is 2.24. The molecular formula is C23H26F6N2O4S. The number of anilines is 2. The number of carbonyl (C=O) groups excluding carboxylic acids is 1. The molecule has 1 N–H and O–H groups in total. The Hall–Kier alpha value is -2.96. The van der Waals surface area contributed by atoms with Crippen molar-refractivity contribution in [1.82, 2.24) is 0 Å². The molecule has 0 saturated heterocycles. The van der Waals surface area contributed by atoms with E-state index < -0.39 is 45.0 Å². The number of halogens is 6. The molecule has 0 saturated carbocycles. The third-order valence-electron chi connectivity index (χ3n) is 5.21. The van der Waals surface area contributed by atoms with Gasteiger partial charge in [-0.05, 0) is 36.8 Å². The molecule has 0 fully saturated rings. The number of hydrogen-bond acceptors (Lipinski definition) is 4. The highest BCUT2D eigenvalue weighted by atomic mass is 32.2. The number of benzene rings is 2. The van der Waals surface area contributed by atoms with Crippen LogP contribution in [0.5, 0.6) is 5.75 Å². The van der Waals surface area contributed by atoms with Crippen LogP contribution >= 0.6 is 0 Å². The van der Waals surface area contributed by atoms with E-state index in [1.54, 1.807) is 0 Å². The van der Waals surface area contributed by atoms with Gasteiger partial charge < -0.3 is 10.1 Å². The van der Waals surface area contributed by atoms with Crippen molar-refractivity contribution in [3.63, 3.8) is 0 Å². The fourth-order valence-electron chi connectivity index (χ4n) is 3.21. The molecular weight excluding hydrogens is 514 g/mol. The molecule has 0 aliphatic heterocycles. The molecule has 2 rings (SSSR count). The van der Waals surface area contributed by atoms with Crippen LogP contribution < -0.4 is 14.4 Å². The molecule has 2 aromatic rings. The lowest BCUT2D eigenvalue weighted by Gasteiger charge is -2.21. The lowest BCUT2D eigenvalue weighted by atomic mass is 10.0. The average molecular weight is 541 g/mol. The quantitative estimate of drug-likeness (QED) is 0.282. The summed E-state index contributed by atoms with van der Waals surface area (Å²) in [7, 11) is -2.40. The first kappa shape index (κ1) is 29.3. The van der Waals surface area contributed by atoms with Gasteiger partial charge in [-0.3, -0.25) is 9.10 Å². The lowest BCUT2D eigenvalue weighted by Crippen LogP contribution is -2.25. The highest BCUT2D eigenvalue weighted by Crippen LogP contribution is 2.38. The first-order valence-electron chi connectivity index (χ1n) is 10.9. The number of rotatable bonds is 10. The van der Waals surface area contributed by atoms with E-state index in [0.29, 0.717) is 18.6 Å². The summed E-state index contributed by atoms with van der Waals surface area (Å²) in [5.74, 6) is -1.24. The van der Waals surface area contributed by atoms with E-state index in [1.807, 2.05) is 6.92 Å².